The number of hydrogen-bond acceptors (Lipinski definition) is 6. The van der Waals surface area contributed by atoms with E-state index < -0.39 is 11.5 Å². The number of phenolic OH excluding ortho intramolecular Hbond substituents is 1. The second kappa shape index (κ2) is 8.47. The number of carbonyl (C=O) groups excluding carboxylic acids is 1. The summed E-state index contributed by atoms with van der Waals surface area (Å²) in [6.45, 7) is 2.33. The number of ether oxygens (including phenoxy) is 1. The lowest BCUT2D eigenvalue weighted by Gasteiger charge is -2.13. The van der Waals surface area contributed by atoms with E-state index in [0.717, 1.165) is 0 Å². The number of methoxy groups -OCH3 is 1. The summed E-state index contributed by atoms with van der Waals surface area (Å²) in [4.78, 5) is 25.4. The van der Waals surface area contributed by atoms with E-state index >= 15 is 0 Å². The van der Waals surface area contributed by atoms with Gasteiger partial charge in [0.25, 0.3) is 11.5 Å². The van der Waals surface area contributed by atoms with Crippen molar-refractivity contribution < 1.29 is 19.7 Å². The zero-order chi connectivity index (χ0) is 21.0. The normalized spacial score (nSPS) is 11.1. The van der Waals surface area contributed by atoms with Gasteiger partial charge >= 0.3 is 0 Å². The molecule has 2 aromatic carbocycles. The van der Waals surface area contributed by atoms with Crippen molar-refractivity contribution in [2.24, 2.45) is 5.10 Å². The molecule has 29 heavy (non-hydrogen) atoms. The van der Waals surface area contributed by atoms with Crippen LogP contribution in [0.3, 0.4) is 0 Å². The lowest BCUT2D eigenvalue weighted by molar-refractivity contribution is 0.0950. The number of amides is 1. The molecule has 1 amide bonds. The minimum Gasteiger partial charge on any atom is -0.506 e. The van der Waals surface area contributed by atoms with Crippen LogP contribution >= 0.6 is 0 Å². The molecule has 0 aliphatic heterocycles. The van der Waals surface area contributed by atoms with E-state index in [0.29, 0.717) is 29.4 Å². The van der Waals surface area contributed by atoms with Gasteiger partial charge in [0.2, 0.25) is 0 Å². The van der Waals surface area contributed by atoms with Crippen molar-refractivity contribution in [3.8, 4) is 17.2 Å². The zero-order valence-corrected chi connectivity index (χ0v) is 16.0. The molecule has 1 aromatic heterocycles. The Morgan fingerprint density at radius 3 is 2.72 bits per heavy atom. The number of aryl methyl sites for hydroxylation is 1. The fraction of sp³-hybridized carbons (Fsp3) is 0.190. The number of carbonyl (C=O) groups is 1. The van der Waals surface area contributed by atoms with Crippen molar-refractivity contribution in [1.29, 1.82) is 0 Å². The van der Waals surface area contributed by atoms with Gasteiger partial charge in [0, 0.05) is 11.9 Å². The van der Waals surface area contributed by atoms with Gasteiger partial charge in [-0.25, -0.2) is 5.43 Å². The Balaban J connectivity index is 1.94. The van der Waals surface area contributed by atoms with Gasteiger partial charge in [0.05, 0.1) is 18.8 Å². The predicted octanol–water partition coefficient (Wildman–Crippen LogP) is 2.60. The maximum atomic E-state index is 12.8. The average Bonchev–Trinajstić information content (AvgIpc) is 2.72. The monoisotopic (exact) mass is 395 g/mol. The molecule has 8 heteroatoms. The number of benzene rings is 2. The lowest BCUT2D eigenvalue weighted by atomic mass is 10.1. The van der Waals surface area contributed by atoms with E-state index in [4.69, 9.17) is 4.74 Å². The Morgan fingerprint density at radius 2 is 2.00 bits per heavy atom. The van der Waals surface area contributed by atoms with Crippen LogP contribution in [0.25, 0.3) is 10.9 Å². The minimum atomic E-state index is -0.815. The van der Waals surface area contributed by atoms with Gasteiger partial charge in [0.1, 0.15) is 11.3 Å². The first-order chi connectivity index (χ1) is 14.0. The second-order valence-electron chi connectivity index (χ2n) is 6.33. The number of para-hydroxylation sites is 1. The van der Waals surface area contributed by atoms with E-state index in [1.807, 2.05) is 6.92 Å². The maximum absolute atomic E-state index is 12.8. The molecule has 0 saturated carbocycles. The molecule has 0 atom stereocenters. The standard InChI is InChI=1S/C21H21N3O5/c1-3-10-24-15-7-5-4-6-14(15)19(26)18(21(24)28)20(27)23-22-12-13-8-9-16(25)17(11-13)29-2/h4-9,11-12,25-26H,3,10H2,1-2H3,(H,23,27)/b22-12+. The first kappa shape index (κ1) is 19.9. The third-order valence-corrected chi connectivity index (χ3v) is 4.40. The number of nitrogens with zero attached hydrogens (tertiary/aromatic N) is 2. The van der Waals surface area contributed by atoms with Crippen LogP contribution in [-0.2, 0) is 6.54 Å². The maximum Gasteiger partial charge on any atom is 0.280 e. The smallest absolute Gasteiger partial charge is 0.280 e. The molecule has 0 aliphatic carbocycles. The highest BCUT2D eigenvalue weighted by Crippen LogP contribution is 2.27. The third-order valence-electron chi connectivity index (χ3n) is 4.40. The number of rotatable bonds is 6. The van der Waals surface area contributed by atoms with Crippen LogP contribution in [0.2, 0.25) is 0 Å². The van der Waals surface area contributed by atoms with E-state index in [1.54, 1.807) is 30.3 Å². The zero-order valence-electron chi connectivity index (χ0n) is 16.0. The molecular weight excluding hydrogens is 374 g/mol. The summed E-state index contributed by atoms with van der Waals surface area (Å²) in [5.74, 6) is -0.955. The fourth-order valence-electron chi connectivity index (χ4n) is 3.04. The molecule has 0 aliphatic rings. The lowest BCUT2D eigenvalue weighted by Crippen LogP contribution is -2.31. The van der Waals surface area contributed by atoms with E-state index in [-0.39, 0.29) is 22.8 Å². The van der Waals surface area contributed by atoms with Gasteiger partial charge < -0.3 is 19.5 Å². The van der Waals surface area contributed by atoms with Gasteiger partial charge in [-0.1, -0.05) is 19.1 Å². The van der Waals surface area contributed by atoms with Gasteiger partial charge in [-0.3, -0.25) is 9.59 Å². The highest BCUT2D eigenvalue weighted by Gasteiger charge is 2.21. The molecule has 0 bridgehead atoms. The molecule has 3 N–H and O–H groups in total. The summed E-state index contributed by atoms with van der Waals surface area (Å²) in [5.41, 5.74) is 2.45. The summed E-state index contributed by atoms with van der Waals surface area (Å²) in [5, 5.41) is 24.4. The number of nitrogens with one attached hydrogen (secondary N) is 1. The molecule has 0 radical (unpaired) electrons. The Hall–Kier alpha value is -3.81. The van der Waals surface area contributed by atoms with E-state index in [9.17, 15) is 19.8 Å². The average molecular weight is 395 g/mol. The van der Waals surface area contributed by atoms with Crippen molar-refractivity contribution in [3.05, 3.63) is 63.9 Å². The van der Waals surface area contributed by atoms with Crippen LogP contribution in [0.4, 0.5) is 0 Å². The Morgan fingerprint density at radius 1 is 1.24 bits per heavy atom. The van der Waals surface area contributed by atoms with Gasteiger partial charge in [-0.05, 0) is 42.3 Å². The largest absolute Gasteiger partial charge is 0.506 e. The minimum absolute atomic E-state index is 0.0220. The van der Waals surface area contributed by atoms with Gasteiger partial charge in [-0.2, -0.15) is 5.10 Å². The van der Waals surface area contributed by atoms with Crippen LogP contribution in [-0.4, -0.2) is 34.0 Å². The molecule has 0 saturated heterocycles. The predicted molar refractivity (Wildman–Crippen MR) is 110 cm³/mol. The Kier molecular flexibility index (Phi) is 5.82. The number of pyridine rings is 1. The summed E-state index contributed by atoms with van der Waals surface area (Å²) >= 11 is 0. The summed E-state index contributed by atoms with van der Waals surface area (Å²) < 4.78 is 6.49. The number of fused-ring (bicyclic) bond motifs is 1. The topological polar surface area (TPSA) is 113 Å². The quantitative estimate of drug-likeness (QED) is 0.439. The van der Waals surface area contributed by atoms with Crippen molar-refractivity contribution in [2.45, 2.75) is 19.9 Å². The molecule has 8 nitrogen and oxygen atoms in total. The van der Waals surface area contributed by atoms with Crippen LogP contribution < -0.4 is 15.7 Å². The highest BCUT2D eigenvalue weighted by atomic mass is 16.5. The third kappa shape index (κ3) is 3.91. The van der Waals surface area contributed by atoms with Crippen molar-refractivity contribution in [1.82, 2.24) is 9.99 Å². The number of phenols is 1. The van der Waals surface area contributed by atoms with Crippen LogP contribution in [0.15, 0.2) is 52.4 Å². The van der Waals surface area contributed by atoms with Crippen molar-refractivity contribution in [2.75, 3.05) is 7.11 Å². The SMILES string of the molecule is CCCn1c(=O)c(C(=O)N/N=C/c2ccc(O)c(OC)c2)c(O)c2ccccc21. The molecule has 150 valence electrons. The Labute approximate surface area is 166 Å². The first-order valence-corrected chi connectivity index (χ1v) is 9.02. The summed E-state index contributed by atoms with van der Waals surface area (Å²) in [6, 6.07) is 11.4. The summed E-state index contributed by atoms with van der Waals surface area (Å²) in [7, 11) is 1.42. The van der Waals surface area contributed by atoms with E-state index in [2.05, 4.69) is 10.5 Å². The van der Waals surface area contributed by atoms with Crippen LogP contribution in [0.5, 0.6) is 17.2 Å². The molecule has 1 heterocycles. The molecule has 0 spiro atoms. The Bertz CT molecular complexity index is 1150. The van der Waals surface area contributed by atoms with Crippen molar-refractivity contribution in [3.63, 3.8) is 0 Å². The highest BCUT2D eigenvalue weighted by molar-refractivity contribution is 6.02. The number of hydrazone groups is 1. The van der Waals surface area contributed by atoms with Gasteiger partial charge in [0.15, 0.2) is 11.5 Å². The van der Waals surface area contributed by atoms with E-state index in [1.165, 1.54) is 30.0 Å². The summed E-state index contributed by atoms with van der Waals surface area (Å²) in [6.07, 6.45) is 2.03. The second-order valence-corrected chi connectivity index (χ2v) is 6.33. The van der Waals surface area contributed by atoms with Crippen LogP contribution in [0, 0.1) is 0 Å². The van der Waals surface area contributed by atoms with Crippen LogP contribution in [0.1, 0.15) is 29.3 Å². The molecule has 3 rings (SSSR count). The number of aromatic hydroxyl groups is 2. The fourth-order valence-corrected chi connectivity index (χ4v) is 3.04. The number of hydrogen-bond donors (Lipinski definition) is 3. The first-order valence-electron chi connectivity index (χ1n) is 9.02. The van der Waals surface area contributed by atoms with Gasteiger partial charge in [-0.15, -0.1) is 0 Å². The molecule has 0 fully saturated rings. The van der Waals surface area contributed by atoms with Crippen molar-refractivity contribution >= 4 is 23.0 Å². The number of aromatic nitrogens is 1. The molecular formula is C21H21N3O5. The molecule has 3 aromatic rings. The molecule has 0 unspecified atom stereocenters.